The summed E-state index contributed by atoms with van der Waals surface area (Å²) >= 11 is 2.31. The molecule has 0 aromatic heterocycles. The van der Waals surface area contributed by atoms with Crippen molar-refractivity contribution < 1.29 is 0 Å². The van der Waals surface area contributed by atoms with Crippen LogP contribution in [0.3, 0.4) is 0 Å². The van der Waals surface area contributed by atoms with E-state index in [-0.39, 0.29) is 0 Å². The molecule has 16 heavy (non-hydrogen) atoms. The van der Waals surface area contributed by atoms with Crippen molar-refractivity contribution in [3.8, 4) is 0 Å². The van der Waals surface area contributed by atoms with Crippen molar-refractivity contribution in [3.05, 3.63) is 21.8 Å². The Hall–Kier alpha value is -0.450. The standard InChI is InChI=1S/C13H19IN2/c1-2-11-5-3-4-8-16(11)13-7-6-10(14)9-12(13)15/h6-7,9,11H,2-5,8,15H2,1H3. The maximum absolute atomic E-state index is 6.12. The number of hydrogen-bond acceptors (Lipinski definition) is 2. The van der Waals surface area contributed by atoms with Crippen molar-refractivity contribution in [1.29, 1.82) is 0 Å². The number of nitrogens with two attached hydrogens (primary N) is 1. The zero-order valence-electron chi connectivity index (χ0n) is 9.75. The lowest BCUT2D eigenvalue weighted by Gasteiger charge is -2.37. The molecule has 3 heteroatoms. The summed E-state index contributed by atoms with van der Waals surface area (Å²) in [5.74, 6) is 0. The lowest BCUT2D eigenvalue weighted by molar-refractivity contribution is 0.450. The van der Waals surface area contributed by atoms with Crippen LogP contribution in [0, 0.1) is 3.57 Å². The van der Waals surface area contributed by atoms with Crippen LogP contribution >= 0.6 is 22.6 Å². The highest BCUT2D eigenvalue weighted by atomic mass is 127. The van der Waals surface area contributed by atoms with Gasteiger partial charge in [0.15, 0.2) is 0 Å². The fraction of sp³-hybridized carbons (Fsp3) is 0.538. The third-order valence-electron chi connectivity index (χ3n) is 3.40. The van der Waals surface area contributed by atoms with Gasteiger partial charge in [0.1, 0.15) is 0 Å². The molecule has 1 atom stereocenters. The molecule has 2 rings (SSSR count). The molecule has 1 aromatic rings. The normalized spacial score (nSPS) is 21.1. The molecule has 0 aliphatic carbocycles. The Labute approximate surface area is 111 Å². The molecule has 0 amide bonds. The summed E-state index contributed by atoms with van der Waals surface area (Å²) in [7, 11) is 0. The molecule has 1 fully saturated rings. The smallest absolute Gasteiger partial charge is 0.0603 e. The number of halogens is 1. The van der Waals surface area contributed by atoms with Crippen molar-refractivity contribution in [2.45, 2.75) is 38.6 Å². The molecule has 0 radical (unpaired) electrons. The second kappa shape index (κ2) is 5.25. The van der Waals surface area contributed by atoms with Gasteiger partial charge >= 0.3 is 0 Å². The van der Waals surface area contributed by atoms with Crippen molar-refractivity contribution in [1.82, 2.24) is 0 Å². The van der Waals surface area contributed by atoms with E-state index in [2.05, 4.69) is 52.6 Å². The van der Waals surface area contributed by atoms with Crippen molar-refractivity contribution >= 4 is 34.0 Å². The number of piperidine rings is 1. The molecular formula is C13H19IN2. The van der Waals surface area contributed by atoms with E-state index >= 15 is 0 Å². The average Bonchev–Trinajstić information content (AvgIpc) is 2.29. The van der Waals surface area contributed by atoms with E-state index in [1.54, 1.807) is 0 Å². The van der Waals surface area contributed by atoms with Gasteiger partial charge < -0.3 is 10.6 Å². The van der Waals surface area contributed by atoms with Gasteiger partial charge in [-0.05, 0) is 66.5 Å². The van der Waals surface area contributed by atoms with Gasteiger partial charge in [-0.1, -0.05) is 6.92 Å². The van der Waals surface area contributed by atoms with Gasteiger partial charge in [0.25, 0.3) is 0 Å². The first kappa shape index (κ1) is 12.0. The largest absolute Gasteiger partial charge is 0.397 e. The predicted octanol–water partition coefficient (Wildman–Crippen LogP) is 3.64. The van der Waals surface area contributed by atoms with Crippen molar-refractivity contribution in [2.24, 2.45) is 0 Å². The van der Waals surface area contributed by atoms with Crippen LogP contribution in [0.1, 0.15) is 32.6 Å². The third-order valence-corrected chi connectivity index (χ3v) is 4.07. The van der Waals surface area contributed by atoms with E-state index in [0.717, 1.165) is 12.2 Å². The number of rotatable bonds is 2. The molecule has 0 saturated carbocycles. The number of anilines is 2. The first-order chi connectivity index (χ1) is 7.72. The van der Waals surface area contributed by atoms with Gasteiger partial charge in [-0.25, -0.2) is 0 Å². The Morgan fingerprint density at radius 1 is 1.44 bits per heavy atom. The van der Waals surface area contributed by atoms with Crippen LogP contribution in [0.5, 0.6) is 0 Å². The number of benzene rings is 1. The predicted molar refractivity (Wildman–Crippen MR) is 78.8 cm³/mol. The van der Waals surface area contributed by atoms with Gasteiger partial charge in [0.05, 0.1) is 11.4 Å². The van der Waals surface area contributed by atoms with Crippen LogP contribution in [0.4, 0.5) is 11.4 Å². The molecule has 2 nitrogen and oxygen atoms in total. The second-order valence-corrected chi connectivity index (χ2v) is 5.70. The summed E-state index contributed by atoms with van der Waals surface area (Å²) in [5.41, 5.74) is 8.27. The molecule has 1 aliphatic rings. The lowest BCUT2D eigenvalue weighted by Crippen LogP contribution is -2.39. The highest BCUT2D eigenvalue weighted by molar-refractivity contribution is 14.1. The molecule has 88 valence electrons. The summed E-state index contributed by atoms with van der Waals surface area (Å²) < 4.78 is 1.21. The Morgan fingerprint density at radius 3 is 2.94 bits per heavy atom. The van der Waals surface area contributed by atoms with Crippen LogP contribution < -0.4 is 10.6 Å². The highest BCUT2D eigenvalue weighted by Crippen LogP contribution is 2.31. The maximum Gasteiger partial charge on any atom is 0.0603 e. The number of nitrogen functional groups attached to an aromatic ring is 1. The monoisotopic (exact) mass is 330 g/mol. The van der Waals surface area contributed by atoms with E-state index in [1.165, 1.54) is 34.9 Å². The molecule has 1 saturated heterocycles. The molecule has 0 bridgehead atoms. The molecule has 1 aromatic carbocycles. The SMILES string of the molecule is CCC1CCCCN1c1ccc(I)cc1N. The first-order valence-corrected chi connectivity index (χ1v) is 7.12. The van der Waals surface area contributed by atoms with Gasteiger partial charge in [0, 0.05) is 16.2 Å². The molecule has 1 aliphatic heterocycles. The Balaban J connectivity index is 2.27. The Morgan fingerprint density at radius 2 is 2.25 bits per heavy atom. The van der Waals surface area contributed by atoms with Crippen molar-refractivity contribution in [3.63, 3.8) is 0 Å². The second-order valence-electron chi connectivity index (χ2n) is 4.45. The van der Waals surface area contributed by atoms with E-state index in [1.807, 2.05) is 0 Å². The molecular weight excluding hydrogens is 311 g/mol. The number of hydrogen-bond donors (Lipinski definition) is 1. The summed E-state index contributed by atoms with van der Waals surface area (Å²) in [4.78, 5) is 2.49. The molecule has 0 spiro atoms. The van der Waals surface area contributed by atoms with Gasteiger partial charge in [-0.3, -0.25) is 0 Å². The summed E-state index contributed by atoms with van der Waals surface area (Å²) in [6.45, 7) is 3.43. The zero-order valence-corrected chi connectivity index (χ0v) is 11.9. The minimum absolute atomic E-state index is 0.677. The Bertz CT molecular complexity index is 365. The number of nitrogens with zero attached hydrogens (tertiary/aromatic N) is 1. The summed E-state index contributed by atoms with van der Waals surface area (Å²) in [6, 6.07) is 7.06. The van der Waals surface area contributed by atoms with Crippen LogP contribution in [-0.2, 0) is 0 Å². The summed E-state index contributed by atoms with van der Waals surface area (Å²) in [6.07, 6.45) is 5.18. The van der Waals surface area contributed by atoms with Crippen LogP contribution in [0.15, 0.2) is 18.2 Å². The summed E-state index contributed by atoms with van der Waals surface area (Å²) in [5, 5.41) is 0. The van der Waals surface area contributed by atoms with Crippen LogP contribution in [-0.4, -0.2) is 12.6 Å². The molecule has 1 unspecified atom stereocenters. The van der Waals surface area contributed by atoms with E-state index in [4.69, 9.17) is 5.73 Å². The van der Waals surface area contributed by atoms with Crippen molar-refractivity contribution in [2.75, 3.05) is 17.2 Å². The first-order valence-electron chi connectivity index (χ1n) is 6.04. The van der Waals surface area contributed by atoms with E-state index in [0.29, 0.717) is 6.04 Å². The van der Waals surface area contributed by atoms with E-state index < -0.39 is 0 Å². The zero-order chi connectivity index (χ0) is 11.5. The fourth-order valence-corrected chi connectivity index (χ4v) is 3.04. The van der Waals surface area contributed by atoms with E-state index in [9.17, 15) is 0 Å². The third kappa shape index (κ3) is 2.44. The molecule has 2 N–H and O–H groups in total. The Kier molecular flexibility index (Phi) is 3.95. The quantitative estimate of drug-likeness (QED) is 0.663. The maximum atomic E-state index is 6.12. The minimum Gasteiger partial charge on any atom is -0.397 e. The lowest BCUT2D eigenvalue weighted by atomic mass is 9.99. The van der Waals surface area contributed by atoms with Crippen LogP contribution in [0.2, 0.25) is 0 Å². The van der Waals surface area contributed by atoms with Gasteiger partial charge in [-0.2, -0.15) is 0 Å². The fourth-order valence-electron chi connectivity index (χ4n) is 2.53. The topological polar surface area (TPSA) is 29.3 Å². The van der Waals surface area contributed by atoms with Gasteiger partial charge in [-0.15, -0.1) is 0 Å². The van der Waals surface area contributed by atoms with Gasteiger partial charge in [0.2, 0.25) is 0 Å². The van der Waals surface area contributed by atoms with Crippen LogP contribution in [0.25, 0.3) is 0 Å². The molecule has 1 heterocycles. The highest BCUT2D eigenvalue weighted by Gasteiger charge is 2.22. The average molecular weight is 330 g/mol. The minimum atomic E-state index is 0.677.